The first kappa shape index (κ1) is 20.0. The molecular weight excluding hydrogens is 389 g/mol. The van der Waals surface area contributed by atoms with Crippen LogP contribution in [0.4, 0.5) is 0 Å². The van der Waals surface area contributed by atoms with Crippen molar-refractivity contribution in [1.82, 2.24) is 10.2 Å². The molecule has 0 aromatic rings. The van der Waals surface area contributed by atoms with Crippen LogP contribution in [0.2, 0.25) is 0 Å². The van der Waals surface area contributed by atoms with Crippen LogP contribution in [0.25, 0.3) is 0 Å². The van der Waals surface area contributed by atoms with Crippen molar-refractivity contribution >= 4 is 29.9 Å². The van der Waals surface area contributed by atoms with Gasteiger partial charge in [-0.2, -0.15) is 0 Å². The fraction of sp³-hybridized carbons (Fsp3) is 0.941. The standard InChI is InChI=1S/C17H33N3O.HI/c1-3-18-17(20-12-10-16(13-20)14-21-2)19-11-9-15-7-5-4-6-8-15;/h15-16H,3-14H2,1-2H3,(H,18,19);1H. The number of guanidine groups is 1. The number of aliphatic imine (C=N–C) groups is 1. The molecule has 1 heterocycles. The minimum absolute atomic E-state index is 0. The molecule has 1 saturated carbocycles. The number of hydrogen-bond acceptors (Lipinski definition) is 2. The molecule has 5 heteroatoms. The third kappa shape index (κ3) is 6.60. The summed E-state index contributed by atoms with van der Waals surface area (Å²) < 4.78 is 5.29. The summed E-state index contributed by atoms with van der Waals surface area (Å²) in [5.41, 5.74) is 0. The van der Waals surface area contributed by atoms with Gasteiger partial charge in [0.1, 0.15) is 0 Å². The molecule has 4 nitrogen and oxygen atoms in total. The molecule has 1 unspecified atom stereocenters. The van der Waals surface area contributed by atoms with E-state index in [0.29, 0.717) is 5.92 Å². The predicted molar refractivity (Wildman–Crippen MR) is 104 cm³/mol. The van der Waals surface area contributed by atoms with E-state index in [1.54, 1.807) is 7.11 Å². The second-order valence-corrected chi connectivity index (χ2v) is 6.58. The molecule has 22 heavy (non-hydrogen) atoms. The molecule has 0 spiro atoms. The first-order valence-corrected chi connectivity index (χ1v) is 8.85. The minimum Gasteiger partial charge on any atom is -0.384 e. The van der Waals surface area contributed by atoms with Gasteiger partial charge in [0.15, 0.2) is 5.96 Å². The summed E-state index contributed by atoms with van der Waals surface area (Å²) in [6, 6.07) is 0. The Labute approximate surface area is 153 Å². The first-order valence-electron chi connectivity index (χ1n) is 8.85. The van der Waals surface area contributed by atoms with Gasteiger partial charge in [-0.3, -0.25) is 4.99 Å². The van der Waals surface area contributed by atoms with Crippen LogP contribution < -0.4 is 5.32 Å². The second kappa shape index (κ2) is 11.5. The average Bonchev–Trinajstić information content (AvgIpc) is 2.96. The molecule has 2 rings (SSSR count). The van der Waals surface area contributed by atoms with E-state index in [4.69, 9.17) is 9.73 Å². The highest BCUT2D eigenvalue weighted by Crippen LogP contribution is 2.26. The summed E-state index contributed by atoms with van der Waals surface area (Å²) in [5.74, 6) is 2.70. The molecule has 2 aliphatic rings. The van der Waals surface area contributed by atoms with Crippen LogP contribution in [0, 0.1) is 11.8 Å². The molecule has 0 bridgehead atoms. The Morgan fingerprint density at radius 1 is 1.18 bits per heavy atom. The Kier molecular flexibility index (Phi) is 10.4. The van der Waals surface area contributed by atoms with Crippen molar-refractivity contribution in [3.8, 4) is 0 Å². The molecule has 0 aromatic heterocycles. The zero-order chi connectivity index (χ0) is 14.9. The maximum atomic E-state index is 5.29. The molecule has 130 valence electrons. The van der Waals surface area contributed by atoms with Gasteiger partial charge in [0.05, 0.1) is 6.61 Å². The van der Waals surface area contributed by atoms with Crippen molar-refractivity contribution < 1.29 is 4.74 Å². The molecule has 1 aliphatic carbocycles. The van der Waals surface area contributed by atoms with Gasteiger partial charge < -0.3 is 15.0 Å². The molecule has 1 N–H and O–H groups in total. The highest BCUT2D eigenvalue weighted by Gasteiger charge is 2.24. The van der Waals surface area contributed by atoms with Gasteiger partial charge in [-0.15, -0.1) is 24.0 Å². The zero-order valence-corrected chi connectivity index (χ0v) is 16.7. The smallest absolute Gasteiger partial charge is 0.193 e. The van der Waals surface area contributed by atoms with Crippen LogP contribution in [0.15, 0.2) is 4.99 Å². The fourth-order valence-electron chi connectivity index (χ4n) is 3.65. The van der Waals surface area contributed by atoms with Gasteiger partial charge in [-0.25, -0.2) is 0 Å². The van der Waals surface area contributed by atoms with Crippen LogP contribution in [0.5, 0.6) is 0 Å². The maximum Gasteiger partial charge on any atom is 0.193 e. The zero-order valence-electron chi connectivity index (χ0n) is 14.4. The van der Waals surface area contributed by atoms with Crippen LogP contribution in [0.3, 0.4) is 0 Å². The van der Waals surface area contributed by atoms with Gasteiger partial charge in [0, 0.05) is 39.2 Å². The quantitative estimate of drug-likeness (QED) is 0.404. The highest BCUT2D eigenvalue weighted by atomic mass is 127. The molecule has 0 radical (unpaired) electrons. The Hall–Kier alpha value is -0.0400. The molecule has 0 amide bonds. The van der Waals surface area contributed by atoms with E-state index in [1.165, 1.54) is 44.9 Å². The lowest BCUT2D eigenvalue weighted by Gasteiger charge is -2.23. The van der Waals surface area contributed by atoms with E-state index < -0.39 is 0 Å². The molecular formula is C17H34IN3O. The number of halogens is 1. The highest BCUT2D eigenvalue weighted by molar-refractivity contribution is 14.0. The molecule has 1 saturated heterocycles. The van der Waals surface area contributed by atoms with Crippen LogP contribution in [-0.4, -0.2) is 50.8 Å². The number of likely N-dealkylation sites (tertiary alicyclic amines) is 1. The Balaban J connectivity index is 0.00000242. The maximum absolute atomic E-state index is 5.29. The third-order valence-corrected chi connectivity index (χ3v) is 4.85. The van der Waals surface area contributed by atoms with Gasteiger partial charge in [0.25, 0.3) is 0 Å². The summed E-state index contributed by atoms with van der Waals surface area (Å²) in [6.45, 7) is 7.16. The molecule has 0 aromatic carbocycles. The van der Waals surface area contributed by atoms with Crippen LogP contribution >= 0.6 is 24.0 Å². The van der Waals surface area contributed by atoms with E-state index in [0.717, 1.165) is 44.7 Å². The summed E-state index contributed by atoms with van der Waals surface area (Å²) in [4.78, 5) is 7.29. The first-order chi connectivity index (χ1) is 10.3. The lowest BCUT2D eigenvalue weighted by Crippen LogP contribution is -2.40. The number of hydrogen-bond donors (Lipinski definition) is 1. The number of nitrogens with zero attached hydrogens (tertiary/aromatic N) is 2. The largest absolute Gasteiger partial charge is 0.384 e. The Morgan fingerprint density at radius 3 is 2.64 bits per heavy atom. The van der Waals surface area contributed by atoms with E-state index in [9.17, 15) is 0 Å². The van der Waals surface area contributed by atoms with E-state index in [-0.39, 0.29) is 24.0 Å². The summed E-state index contributed by atoms with van der Waals surface area (Å²) in [7, 11) is 1.80. The SMILES string of the molecule is CCNC(=NCCC1CCCCC1)N1CCC(COC)C1.I. The van der Waals surface area contributed by atoms with E-state index in [2.05, 4.69) is 17.1 Å². The van der Waals surface area contributed by atoms with Crippen molar-refractivity contribution in [3.05, 3.63) is 0 Å². The molecule has 1 aliphatic heterocycles. The lowest BCUT2D eigenvalue weighted by atomic mass is 9.87. The lowest BCUT2D eigenvalue weighted by molar-refractivity contribution is 0.157. The van der Waals surface area contributed by atoms with Crippen molar-refractivity contribution in [3.63, 3.8) is 0 Å². The topological polar surface area (TPSA) is 36.9 Å². The van der Waals surface area contributed by atoms with Gasteiger partial charge in [-0.05, 0) is 25.7 Å². The van der Waals surface area contributed by atoms with Crippen molar-refractivity contribution in [2.24, 2.45) is 16.8 Å². The normalized spacial score (nSPS) is 23.5. The van der Waals surface area contributed by atoms with Crippen molar-refractivity contribution in [2.45, 2.75) is 51.9 Å². The van der Waals surface area contributed by atoms with Crippen LogP contribution in [-0.2, 0) is 4.74 Å². The summed E-state index contributed by atoms with van der Waals surface area (Å²) in [6.07, 6.45) is 9.64. The summed E-state index contributed by atoms with van der Waals surface area (Å²) >= 11 is 0. The van der Waals surface area contributed by atoms with Crippen molar-refractivity contribution in [1.29, 1.82) is 0 Å². The number of ether oxygens (including phenoxy) is 1. The van der Waals surface area contributed by atoms with E-state index in [1.807, 2.05) is 0 Å². The third-order valence-electron chi connectivity index (χ3n) is 4.85. The Morgan fingerprint density at radius 2 is 1.95 bits per heavy atom. The number of rotatable bonds is 6. The predicted octanol–water partition coefficient (Wildman–Crippen LogP) is 3.51. The van der Waals surface area contributed by atoms with E-state index >= 15 is 0 Å². The van der Waals surface area contributed by atoms with Crippen LogP contribution in [0.1, 0.15) is 51.9 Å². The minimum atomic E-state index is 0. The molecule has 1 atom stereocenters. The fourth-order valence-corrected chi connectivity index (χ4v) is 3.65. The van der Waals surface area contributed by atoms with Gasteiger partial charge in [-0.1, -0.05) is 32.1 Å². The van der Waals surface area contributed by atoms with Gasteiger partial charge >= 0.3 is 0 Å². The average molecular weight is 423 g/mol. The van der Waals surface area contributed by atoms with Crippen molar-refractivity contribution in [2.75, 3.05) is 39.9 Å². The molecule has 2 fully saturated rings. The summed E-state index contributed by atoms with van der Waals surface area (Å²) in [5, 5.41) is 3.46. The monoisotopic (exact) mass is 423 g/mol. The number of methoxy groups -OCH3 is 1. The second-order valence-electron chi connectivity index (χ2n) is 6.58. The van der Waals surface area contributed by atoms with Gasteiger partial charge in [0.2, 0.25) is 0 Å². The number of nitrogens with one attached hydrogen (secondary N) is 1. The Bertz CT molecular complexity index is 319.